The molecule has 1 unspecified atom stereocenters. The number of unbranched alkanes of at least 4 members (excludes halogenated alkanes) is 3. The molecular formula is C38H92F4O. The Morgan fingerprint density at radius 1 is 0.512 bits per heavy atom. The minimum atomic E-state index is -2.50. The minimum Gasteiger partial charge on any atom is -0.385 e. The Labute approximate surface area is 275 Å². The van der Waals surface area contributed by atoms with Gasteiger partial charge < -0.3 is 4.74 Å². The predicted molar refractivity (Wildman–Crippen MR) is 199 cm³/mol. The van der Waals surface area contributed by atoms with Crippen molar-refractivity contribution in [1.29, 1.82) is 0 Å². The summed E-state index contributed by atoms with van der Waals surface area (Å²) < 4.78 is 48.7. The van der Waals surface area contributed by atoms with Crippen LogP contribution >= 0.6 is 0 Å². The van der Waals surface area contributed by atoms with Gasteiger partial charge in [-0.25, -0.2) is 13.2 Å². The van der Waals surface area contributed by atoms with E-state index in [1.54, 1.807) is 21.0 Å². The summed E-state index contributed by atoms with van der Waals surface area (Å²) in [5, 5.41) is 0. The van der Waals surface area contributed by atoms with E-state index in [1.165, 1.54) is 57.8 Å². The summed E-state index contributed by atoms with van der Waals surface area (Å²) in [7, 11) is 1.68. The number of hydrogen-bond donors (Lipinski definition) is 0. The summed E-state index contributed by atoms with van der Waals surface area (Å²) in [5.41, 5.74) is 0. The second-order valence-corrected chi connectivity index (χ2v) is 11.1. The molecule has 0 radical (unpaired) electrons. The second-order valence-electron chi connectivity index (χ2n) is 11.1. The van der Waals surface area contributed by atoms with Crippen LogP contribution in [0.15, 0.2) is 0 Å². The van der Waals surface area contributed by atoms with E-state index >= 15 is 0 Å². The van der Waals surface area contributed by atoms with E-state index in [4.69, 9.17) is 0 Å². The molecular weight excluding hydrogens is 548 g/mol. The van der Waals surface area contributed by atoms with Gasteiger partial charge in [0.15, 0.2) is 0 Å². The summed E-state index contributed by atoms with van der Waals surface area (Å²) in [6, 6.07) is 0. The van der Waals surface area contributed by atoms with Gasteiger partial charge in [0.05, 0.1) is 12.8 Å². The smallest absolute Gasteiger partial charge is 0.242 e. The van der Waals surface area contributed by atoms with Gasteiger partial charge in [0.2, 0.25) is 5.92 Å². The molecule has 0 bridgehead atoms. The fraction of sp³-hybridized carbons (Fsp3) is 1.00. The Morgan fingerprint density at radius 3 is 0.628 bits per heavy atom. The van der Waals surface area contributed by atoms with E-state index in [1.807, 2.05) is 13.8 Å². The van der Waals surface area contributed by atoms with Crippen molar-refractivity contribution in [2.24, 2.45) is 11.8 Å². The standard InChI is InChI=1S/2C5H12.C4H9F.3C4H10.C3H6F2.C3H7F.C3H8O.C3H8/c2*1-4-5(2)3;1-3-4(2)5;3*1-3-4-2;1-3(2,4)5;1-2-3-4;1-3-4-2;1-3-2/h2*5H,4H2,1-3H3;4H,3H2,1-2H3;3*3-4H2,1-2H3;1-2H3;2-3H2,1H3;3H2,1-2H3;3H2,1-2H3. The third-order valence-corrected chi connectivity index (χ3v) is 4.17. The highest BCUT2D eigenvalue weighted by Gasteiger charge is 2.08. The summed E-state index contributed by atoms with van der Waals surface area (Å²) in [6.45, 7) is 40.1. The molecule has 0 aliphatic carbocycles. The maximum atomic E-state index is 11.4. The van der Waals surface area contributed by atoms with Crippen LogP contribution in [-0.2, 0) is 4.74 Å². The molecule has 5 heteroatoms. The van der Waals surface area contributed by atoms with Crippen molar-refractivity contribution in [2.45, 2.75) is 221 Å². The largest absolute Gasteiger partial charge is 0.385 e. The Bertz CT molecular complexity index is 234. The van der Waals surface area contributed by atoms with Gasteiger partial charge >= 0.3 is 0 Å². The quantitative estimate of drug-likeness (QED) is 0.240. The van der Waals surface area contributed by atoms with Crippen LogP contribution in [-0.4, -0.2) is 32.5 Å². The molecule has 0 aromatic carbocycles. The van der Waals surface area contributed by atoms with E-state index in [2.05, 4.69) is 102 Å². The summed E-state index contributed by atoms with van der Waals surface area (Å²) in [5.74, 6) is -0.731. The number of hydrogen-bond acceptors (Lipinski definition) is 1. The van der Waals surface area contributed by atoms with E-state index in [9.17, 15) is 17.6 Å². The molecule has 0 heterocycles. The zero-order valence-electron chi connectivity index (χ0n) is 34.3. The molecule has 278 valence electrons. The Balaban J connectivity index is -0.0000000353. The van der Waals surface area contributed by atoms with E-state index in [0.29, 0.717) is 12.8 Å². The average molecular weight is 641 g/mol. The fourth-order valence-electron chi connectivity index (χ4n) is 0. The maximum absolute atomic E-state index is 11.4. The first-order valence-corrected chi connectivity index (χ1v) is 17.9. The Morgan fingerprint density at radius 2 is 0.628 bits per heavy atom. The van der Waals surface area contributed by atoms with Crippen LogP contribution in [0.25, 0.3) is 0 Å². The van der Waals surface area contributed by atoms with Gasteiger partial charge in [-0.15, -0.1) is 0 Å². The summed E-state index contributed by atoms with van der Waals surface area (Å²) >= 11 is 0. The molecule has 0 amide bonds. The number of ether oxygens (including phenoxy) is 1. The molecule has 0 spiro atoms. The maximum Gasteiger partial charge on any atom is 0.242 e. The molecule has 0 aromatic rings. The lowest BCUT2D eigenvalue weighted by molar-refractivity contribution is 0.0437. The molecule has 0 aromatic heterocycles. The van der Waals surface area contributed by atoms with Crippen molar-refractivity contribution in [3.63, 3.8) is 0 Å². The first-order valence-electron chi connectivity index (χ1n) is 17.9. The van der Waals surface area contributed by atoms with E-state index in [-0.39, 0.29) is 6.67 Å². The lowest BCUT2D eigenvalue weighted by Crippen LogP contribution is -1.98. The van der Waals surface area contributed by atoms with Crippen LogP contribution in [0, 0.1) is 11.8 Å². The van der Waals surface area contributed by atoms with Crippen molar-refractivity contribution in [2.75, 3.05) is 20.4 Å². The van der Waals surface area contributed by atoms with Crippen molar-refractivity contribution < 1.29 is 22.3 Å². The highest BCUT2D eigenvalue weighted by molar-refractivity contribution is 4.40. The third-order valence-electron chi connectivity index (χ3n) is 4.17. The van der Waals surface area contributed by atoms with E-state index in [0.717, 1.165) is 32.3 Å². The van der Waals surface area contributed by atoms with Crippen molar-refractivity contribution >= 4 is 0 Å². The Kier molecular flexibility index (Phi) is 135. The van der Waals surface area contributed by atoms with Crippen LogP contribution in [0.1, 0.15) is 209 Å². The lowest BCUT2D eigenvalue weighted by Gasteiger charge is -1.94. The van der Waals surface area contributed by atoms with Crippen LogP contribution < -0.4 is 0 Å². The van der Waals surface area contributed by atoms with Crippen LogP contribution in [0.3, 0.4) is 0 Å². The molecule has 0 N–H and O–H groups in total. The molecule has 0 aliphatic rings. The average Bonchev–Trinajstić information content (AvgIpc) is 2.97. The zero-order valence-corrected chi connectivity index (χ0v) is 34.3. The molecule has 0 rings (SSSR count). The van der Waals surface area contributed by atoms with Gasteiger partial charge in [0.25, 0.3) is 0 Å². The molecule has 0 fully saturated rings. The third kappa shape index (κ3) is 575. The van der Waals surface area contributed by atoms with Gasteiger partial charge in [0.1, 0.15) is 0 Å². The fourth-order valence-corrected chi connectivity index (χ4v) is 0. The SMILES string of the molecule is CC(C)(F)F.CCC.CCC(C)C.CCC(C)C.CCC(C)F.CCCC.CCCC.CCCC.CCCF.CCOC. The van der Waals surface area contributed by atoms with Crippen molar-refractivity contribution in [1.82, 2.24) is 0 Å². The van der Waals surface area contributed by atoms with Crippen molar-refractivity contribution in [3.05, 3.63) is 0 Å². The first-order chi connectivity index (χ1) is 19.8. The Hall–Kier alpha value is -0.320. The topological polar surface area (TPSA) is 9.23 Å². The normalized spacial score (nSPS) is 9.28. The molecule has 43 heavy (non-hydrogen) atoms. The summed E-state index contributed by atoms with van der Waals surface area (Å²) in [6.07, 6.45) is 12.5. The molecule has 0 aliphatic heterocycles. The second kappa shape index (κ2) is 83.9. The van der Waals surface area contributed by atoms with Crippen LogP contribution in [0.5, 0.6) is 0 Å². The van der Waals surface area contributed by atoms with E-state index < -0.39 is 12.1 Å². The number of rotatable bonds is 8. The molecule has 1 atom stereocenters. The number of alkyl halides is 4. The van der Waals surface area contributed by atoms with Gasteiger partial charge in [-0.2, -0.15) is 0 Å². The number of methoxy groups -OCH3 is 1. The van der Waals surface area contributed by atoms with Crippen LogP contribution in [0.2, 0.25) is 0 Å². The van der Waals surface area contributed by atoms with Gasteiger partial charge in [0, 0.05) is 13.7 Å². The lowest BCUT2D eigenvalue weighted by atomic mass is 10.2. The summed E-state index contributed by atoms with van der Waals surface area (Å²) in [4.78, 5) is 0. The monoisotopic (exact) mass is 641 g/mol. The molecule has 1 nitrogen and oxygen atoms in total. The highest BCUT2D eigenvalue weighted by atomic mass is 19.3. The van der Waals surface area contributed by atoms with Gasteiger partial charge in [-0.1, -0.05) is 169 Å². The highest BCUT2D eigenvalue weighted by Crippen LogP contribution is 2.06. The predicted octanol–water partition coefficient (Wildman–Crippen LogP) is 16.4. The molecule has 0 saturated heterocycles. The number of halogens is 4. The van der Waals surface area contributed by atoms with Gasteiger partial charge in [-0.3, -0.25) is 4.39 Å². The minimum absolute atomic E-state index is 0.181. The molecule has 0 saturated carbocycles. The van der Waals surface area contributed by atoms with Crippen LogP contribution in [0.4, 0.5) is 17.6 Å². The van der Waals surface area contributed by atoms with Crippen molar-refractivity contribution in [3.8, 4) is 0 Å². The zero-order chi connectivity index (χ0) is 37.1. The first kappa shape index (κ1) is 69.4. The van der Waals surface area contributed by atoms with Gasteiger partial charge in [-0.05, 0) is 52.4 Å².